The molecule has 1 fully saturated rings. The van der Waals surface area contributed by atoms with Crippen molar-refractivity contribution in [2.75, 3.05) is 18.0 Å². The van der Waals surface area contributed by atoms with Gasteiger partial charge in [-0.25, -0.2) is 0 Å². The topological polar surface area (TPSA) is 36.4 Å². The SMILES string of the molecule is CC1CCCN(c2ccnc(CO)c2)CC1. The first kappa shape index (κ1) is 11.4. The van der Waals surface area contributed by atoms with E-state index in [0.717, 1.165) is 24.7 Å². The van der Waals surface area contributed by atoms with Gasteiger partial charge in [0.05, 0.1) is 12.3 Å². The summed E-state index contributed by atoms with van der Waals surface area (Å²) in [5.41, 5.74) is 1.96. The van der Waals surface area contributed by atoms with Gasteiger partial charge in [0.25, 0.3) is 0 Å². The summed E-state index contributed by atoms with van der Waals surface area (Å²) in [6.45, 7) is 4.60. The Morgan fingerprint density at radius 1 is 1.44 bits per heavy atom. The van der Waals surface area contributed by atoms with Crippen LogP contribution in [0.1, 0.15) is 31.9 Å². The summed E-state index contributed by atoms with van der Waals surface area (Å²) >= 11 is 0. The van der Waals surface area contributed by atoms with Crippen molar-refractivity contribution in [2.24, 2.45) is 5.92 Å². The fourth-order valence-electron chi connectivity index (χ4n) is 2.27. The molecule has 1 aliphatic heterocycles. The highest BCUT2D eigenvalue weighted by atomic mass is 16.3. The fraction of sp³-hybridized carbons (Fsp3) is 0.615. The molecule has 2 rings (SSSR count). The molecule has 1 saturated heterocycles. The molecule has 0 spiro atoms. The van der Waals surface area contributed by atoms with E-state index in [0.29, 0.717) is 0 Å². The van der Waals surface area contributed by atoms with Crippen LogP contribution in [0.5, 0.6) is 0 Å². The molecule has 88 valence electrons. The van der Waals surface area contributed by atoms with Crippen LogP contribution in [0, 0.1) is 5.92 Å². The zero-order valence-electron chi connectivity index (χ0n) is 9.89. The number of nitrogens with zero attached hydrogens (tertiary/aromatic N) is 2. The van der Waals surface area contributed by atoms with E-state index in [-0.39, 0.29) is 6.61 Å². The largest absolute Gasteiger partial charge is 0.390 e. The molecule has 0 aromatic carbocycles. The molecule has 1 atom stereocenters. The van der Waals surface area contributed by atoms with Crippen molar-refractivity contribution in [3.8, 4) is 0 Å². The van der Waals surface area contributed by atoms with Crippen molar-refractivity contribution in [3.05, 3.63) is 24.0 Å². The maximum absolute atomic E-state index is 9.08. The minimum atomic E-state index is 0.0259. The molecule has 1 aromatic rings. The third kappa shape index (κ3) is 2.73. The monoisotopic (exact) mass is 220 g/mol. The van der Waals surface area contributed by atoms with Gasteiger partial charge in [0.2, 0.25) is 0 Å². The maximum Gasteiger partial charge on any atom is 0.0853 e. The summed E-state index contributed by atoms with van der Waals surface area (Å²) < 4.78 is 0. The van der Waals surface area contributed by atoms with E-state index in [1.807, 2.05) is 12.1 Å². The summed E-state index contributed by atoms with van der Waals surface area (Å²) in [5, 5.41) is 9.08. The van der Waals surface area contributed by atoms with Crippen LogP contribution >= 0.6 is 0 Å². The molecule has 0 radical (unpaired) electrons. The number of aliphatic hydroxyl groups is 1. The van der Waals surface area contributed by atoms with Gasteiger partial charge in [-0.3, -0.25) is 4.98 Å². The molecule has 0 amide bonds. The van der Waals surface area contributed by atoms with Gasteiger partial charge in [-0.1, -0.05) is 6.92 Å². The van der Waals surface area contributed by atoms with Crippen LogP contribution in [0.25, 0.3) is 0 Å². The lowest BCUT2D eigenvalue weighted by Crippen LogP contribution is -2.24. The molecule has 3 nitrogen and oxygen atoms in total. The third-order valence-electron chi connectivity index (χ3n) is 3.34. The predicted octanol–water partition coefficient (Wildman–Crippen LogP) is 2.20. The number of rotatable bonds is 2. The second kappa shape index (κ2) is 5.30. The predicted molar refractivity (Wildman–Crippen MR) is 65.4 cm³/mol. The molecule has 0 aliphatic carbocycles. The van der Waals surface area contributed by atoms with Crippen molar-refractivity contribution in [1.82, 2.24) is 4.98 Å². The van der Waals surface area contributed by atoms with Crippen molar-refractivity contribution in [1.29, 1.82) is 0 Å². The van der Waals surface area contributed by atoms with Crippen LogP contribution in [0.3, 0.4) is 0 Å². The summed E-state index contributed by atoms with van der Waals surface area (Å²) in [5.74, 6) is 0.837. The quantitative estimate of drug-likeness (QED) is 0.830. The highest BCUT2D eigenvalue weighted by molar-refractivity contribution is 5.46. The third-order valence-corrected chi connectivity index (χ3v) is 3.34. The average Bonchev–Trinajstić information content (AvgIpc) is 2.54. The lowest BCUT2D eigenvalue weighted by molar-refractivity contribution is 0.277. The maximum atomic E-state index is 9.08. The summed E-state index contributed by atoms with van der Waals surface area (Å²) in [4.78, 5) is 6.52. The van der Waals surface area contributed by atoms with Crippen LogP contribution in [0.15, 0.2) is 18.3 Å². The van der Waals surface area contributed by atoms with Crippen LogP contribution in [-0.4, -0.2) is 23.2 Å². The van der Waals surface area contributed by atoms with Crippen LogP contribution < -0.4 is 4.90 Å². The van der Waals surface area contributed by atoms with E-state index >= 15 is 0 Å². The van der Waals surface area contributed by atoms with E-state index in [1.54, 1.807) is 6.20 Å². The summed E-state index contributed by atoms with van der Waals surface area (Å²) in [6.07, 6.45) is 5.64. The van der Waals surface area contributed by atoms with Gasteiger partial charge in [0, 0.05) is 25.0 Å². The average molecular weight is 220 g/mol. The smallest absolute Gasteiger partial charge is 0.0853 e. The molecule has 0 saturated carbocycles. The van der Waals surface area contributed by atoms with Crippen LogP contribution in [0.4, 0.5) is 5.69 Å². The Bertz CT molecular complexity index is 340. The number of aromatic nitrogens is 1. The molecule has 1 unspecified atom stereocenters. The number of pyridine rings is 1. The molecule has 3 heteroatoms. The molecule has 2 heterocycles. The fourth-order valence-corrected chi connectivity index (χ4v) is 2.27. The minimum Gasteiger partial charge on any atom is -0.390 e. The van der Waals surface area contributed by atoms with Gasteiger partial charge in [0.1, 0.15) is 0 Å². The van der Waals surface area contributed by atoms with Gasteiger partial charge in [-0.2, -0.15) is 0 Å². The van der Waals surface area contributed by atoms with Crippen molar-refractivity contribution in [2.45, 2.75) is 32.8 Å². The Kier molecular flexibility index (Phi) is 3.78. The molecule has 1 aliphatic rings. The first-order chi connectivity index (χ1) is 7.79. The Morgan fingerprint density at radius 2 is 2.31 bits per heavy atom. The van der Waals surface area contributed by atoms with Gasteiger partial charge in [0.15, 0.2) is 0 Å². The molecule has 0 bridgehead atoms. The second-order valence-electron chi connectivity index (χ2n) is 4.69. The van der Waals surface area contributed by atoms with E-state index in [4.69, 9.17) is 5.11 Å². The van der Waals surface area contributed by atoms with Gasteiger partial charge >= 0.3 is 0 Å². The molecular formula is C13H20N2O. The first-order valence-electron chi connectivity index (χ1n) is 6.10. The molecule has 1 aromatic heterocycles. The zero-order valence-corrected chi connectivity index (χ0v) is 9.89. The molecule has 1 N–H and O–H groups in total. The number of anilines is 1. The zero-order chi connectivity index (χ0) is 11.4. The van der Waals surface area contributed by atoms with Gasteiger partial charge in [-0.15, -0.1) is 0 Å². The minimum absolute atomic E-state index is 0.0259. The van der Waals surface area contributed by atoms with Gasteiger partial charge in [-0.05, 0) is 37.3 Å². The Hall–Kier alpha value is -1.09. The first-order valence-corrected chi connectivity index (χ1v) is 6.10. The highest BCUT2D eigenvalue weighted by Crippen LogP contribution is 2.22. The summed E-state index contributed by atoms with van der Waals surface area (Å²) in [7, 11) is 0. The van der Waals surface area contributed by atoms with E-state index in [1.165, 1.54) is 24.9 Å². The molecule has 16 heavy (non-hydrogen) atoms. The van der Waals surface area contributed by atoms with Crippen molar-refractivity contribution in [3.63, 3.8) is 0 Å². The van der Waals surface area contributed by atoms with Crippen LogP contribution in [0.2, 0.25) is 0 Å². The van der Waals surface area contributed by atoms with Gasteiger partial charge < -0.3 is 10.0 Å². The number of hydrogen-bond acceptors (Lipinski definition) is 3. The lowest BCUT2D eigenvalue weighted by atomic mass is 10.0. The molecular weight excluding hydrogens is 200 g/mol. The second-order valence-corrected chi connectivity index (χ2v) is 4.69. The van der Waals surface area contributed by atoms with Crippen molar-refractivity contribution < 1.29 is 5.11 Å². The highest BCUT2D eigenvalue weighted by Gasteiger charge is 2.14. The van der Waals surface area contributed by atoms with E-state index in [2.05, 4.69) is 16.8 Å². The van der Waals surface area contributed by atoms with E-state index in [9.17, 15) is 0 Å². The van der Waals surface area contributed by atoms with Crippen molar-refractivity contribution >= 4 is 5.69 Å². The lowest BCUT2D eigenvalue weighted by Gasteiger charge is -2.22. The Morgan fingerprint density at radius 3 is 3.12 bits per heavy atom. The number of aliphatic hydroxyl groups excluding tert-OH is 1. The number of hydrogen-bond donors (Lipinski definition) is 1. The Balaban J connectivity index is 2.10. The van der Waals surface area contributed by atoms with E-state index < -0.39 is 0 Å². The van der Waals surface area contributed by atoms with Crippen LogP contribution in [-0.2, 0) is 6.61 Å². The Labute approximate surface area is 97.1 Å². The normalized spacial score (nSPS) is 21.9. The summed E-state index contributed by atoms with van der Waals surface area (Å²) in [6, 6.07) is 4.03. The standard InChI is InChI=1S/C13H20N2O/c1-11-3-2-7-15(8-5-11)13-4-6-14-12(9-13)10-16/h4,6,9,11,16H,2-3,5,7-8,10H2,1H3.